The third-order valence-electron chi connectivity index (χ3n) is 7.02. The molecule has 1 saturated carbocycles. The molecule has 0 saturated heterocycles. The molecule has 2 heterocycles. The molecule has 200 valence electrons. The van der Waals surface area contributed by atoms with Gasteiger partial charge in [-0.05, 0) is 48.9 Å². The number of benzene rings is 2. The molecular formula is C29H32N8O2. The molecule has 0 atom stereocenters. The van der Waals surface area contributed by atoms with E-state index in [0.717, 1.165) is 48.1 Å². The van der Waals surface area contributed by atoms with Gasteiger partial charge in [0.25, 0.3) is 5.91 Å². The zero-order valence-electron chi connectivity index (χ0n) is 21.8. The first-order valence-electron chi connectivity index (χ1n) is 13.0. The first kappa shape index (κ1) is 25.9. The summed E-state index contributed by atoms with van der Waals surface area (Å²) < 4.78 is 1.77. The fourth-order valence-corrected chi connectivity index (χ4v) is 4.93. The number of aryl methyl sites for hydroxylation is 1. The number of hydrogen-bond acceptors (Lipinski definition) is 6. The van der Waals surface area contributed by atoms with Crippen LogP contribution in [-0.2, 0) is 13.6 Å². The summed E-state index contributed by atoms with van der Waals surface area (Å²) in [6.07, 6.45) is 10.00. The van der Waals surface area contributed by atoms with Crippen molar-refractivity contribution in [2.24, 2.45) is 12.8 Å². The Morgan fingerprint density at radius 3 is 2.26 bits per heavy atom. The van der Waals surface area contributed by atoms with Crippen LogP contribution in [0.5, 0.6) is 0 Å². The molecule has 4 N–H and O–H groups in total. The van der Waals surface area contributed by atoms with Crippen LogP contribution in [0.3, 0.4) is 0 Å². The minimum absolute atomic E-state index is 0.0428. The highest BCUT2D eigenvalue weighted by Crippen LogP contribution is 2.30. The minimum atomic E-state index is -0.554. The van der Waals surface area contributed by atoms with Crippen molar-refractivity contribution in [3.63, 3.8) is 0 Å². The lowest BCUT2D eigenvalue weighted by atomic mass is 9.90. The molecule has 0 radical (unpaired) electrons. The van der Waals surface area contributed by atoms with Gasteiger partial charge in [0.15, 0.2) is 0 Å². The summed E-state index contributed by atoms with van der Waals surface area (Å²) in [6, 6.07) is 18.1. The second-order valence-electron chi connectivity index (χ2n) is 9.77. The number of amides is 3. The lowest BCUT2D eigenvalue weighted by Crippen LogP contribution is -2.48. The number of nitrogens with two attached hydrogens (primary N) is 1. The van der Waals surface area contributed by atoms with Crippen LogP contribution in [0.15, 0.2) is 79.4 Å². The molecule has 0 bridgehead atoms. The summed E-state index contributed by atoms with van der Waals surface area (Å²) in [4.78, 5) is 35.1. The van der Waals surface area contributed by atoms with Gasteiger partial charge in [0.2, 0.25) is 5.95 Å². The Morgan fingerprint density at radius 1 is 0.949 bits per heavy atom. The average Bonchev–Trinajstić information content (AvgIpc) is 3.40. The minimum Gasteiger partial charge on any atom is -0.366 e. The first-order chi connectivity index (χ1) is 19.0. The molecule has 0 spiro atoms. The van der Waals surface area contributed by atoms with Crippen molar-refractivity contribution in [3.8, 4) is 11.1 Å². The maximum atomic E-state index is 13.6. The highest BCUT2D eigenvalue weighted by Gasteiger charge is 2.30. The van der Waals surface area contributed by atoms with E-state index < -0.39 is 5.91 Å². The maximum absolute atomic E-state index is 13.6. The monoisotopic (exact) mass is 524 g/mol. The second-order valence-corrected chi connectivity index (χ2v) is 9.77. The molecule has 2 aromatic carbocycles. The Hall–Kier alpha value is -4.73. The molecule has 10 heteroatoms. The molecule has 4 aromatic rings. The van der Waals surface area contributed by atoms with Gasteiger partial charge in [-0.1, -0.05) is 42.5 Å². The zero-order valence-corrected chi connectivity index (χ0v) is 21.8. The summed E-state index contributed by atoms with van der Waals surface area (Å²) in [5.41, 5.74) is 9.53. The van der Waals surface area contributed by atoms with Gasteiger partial charge in [-0.2, -0.15) is 5.10 Å². The molecular weight excluding hydrogens is 492 g/mol. The number of hydrogen-bond donors (Lipinski definition) is 3. The normalized spacial score (nSPS) is 16.8. The molecule has 10 nitrogen and oxygen atoms in total. The fraction of sp³-hybridized carbons (Fsp3) is 0.276. The molecule has 0 aliphatic heterocycles. The summed E-state index contributed by atoms with van der Waals surface area (Å²) in [5, 5.41) is 10.7. The second kappa shape index (κ2) is 11.8. The van der Waals surface area contributed by atoms with Crippen molar-refractivity contribution in [2.75, 3.05) is 10.2 Å². The number of carbonyl (C=O) groups excluding carboxylic acids is 2. The highest BCUT2D eigenvalue weighted by molar-refractivity contribution is 5.93. The first-order valence-corrected chi connectivity index (χ1v) is 13.0. The van der Waals surface area contributed by atoms with Crippen molar-refractivity contribution in [1.82, 2.24) is 25.1 Å². The predicted octanol–water partition coefficient (Wildman–Crippen LogP) is 4.12. The van der Waals surface area contributed by atoms with Gasteiger partial charge < -0.3 is 16.4 Å². The Bertz CT molecular complexity index is 1400. The van der Waals surface area contributed by atoms with Crippen LogP contribution < -0.4 is 21.3 Å². The number of urea groups is 1. The van der Waals surface area contributed by atoms with Crippen molar-refractivity contribution >= 4 is 23.6 Å². The van der Waals surface area contributed by atoms with Crippen LogP contribution >= 0.6 is 0 Å². The lowest BCUT2D eigenvalue weighted by Gasteiger charge is -2.37. The molecule has 1 aliphatic rings. The van der Waals surface area contributed by atoms with Crippen LogP contribution in [0, 0.1) is 0 Å². The van der Waals surface area contributed by atoms with Crippen molar-refractivity contribution < 1.29 is 9.59 Å². The number of carbonyl (C=O) groups is 2. The molecule has 5 rings (SSSR count). The number of nitrogens with zero attached hydrogens (tertiary/aromatic N) is 5. The van der Waals surface area contributed by atoms with Crippen LogP contribution in [0.2, 0.25) is 0 Å². The third-order valence-corrected chi connectivity index (χ3v) is 7.02. The van der Waals surface area contributed by atoms with Crippen molar-refractivity contribution in [1.29, 1.82) is 0 Å². The molecule has 0 unspecified atom stereocenters. The number of aromatic nitrogens is 4. The third kappa shape index (κ3) is 6.40. The zero-order chi connectivity index (χ0) is 27.2. The maximum Gasteiger partial charge on any atom is 0.322 e. The largest absolute Gasteiger partial charge is 0.366 e. The van der Waals surface area contributed by atoms with E-state index in [1.165, 1.54) is 12.4 Å². The van der Waals surface area contributed by atoms with Gasteiger partial charge in [0.1, 0.15) is 0 Å². The predicted molar refractivity (Wildman–Crippen MR) is 150 cm³/mol. The summed E-state index contributed by atoms with van der Waals surface area (Å²) >= 11 is 0. The smallest absolute Gasteiger partial charge is 0.322 e. The van der Waals surface area contributed by atoms with E-state index in [1.807, 2.05) is 78.9 Å². The van der Waals surface area contributed by atoms with Gasteiger partial charge in [-0.3, -0.25) is 14.4 Å². The summed E-state index contributed by atoms with van der Waals surface area (Å²) in [5.74, 6) is -0.0898. The van der Waals surface area contributed by atoms with Gasteiger partial charge in [-0.25, -0.2) is 14.8 Å². The number of nitrogens with one attached hydrogen (secondary N) is 2. The number of rotatable bonds is 8. The van der Waals surface area contributed by atoms with Gasteiger partial charge in [0.05, 0.1) is 11.8 Å². The average molecular weight is 525 g/mol. The summed E-state index contributed by atoms with van der Waals surface area (Å²) in [6.45, 7) is 0.458. The van der Waals surface area contributed by atoms with Gasteiger partial charge in [0, 0.05) is 55.5 Å². The van der Waals surface area contributed by atoms with E-state index in [1.54, 1.807) is 4.68 Å². The topological polar surface area (TPSA) is 131 Å². The quantitative estimate of drug-likeness (QED) is 0.318. The van der Waals surface area contributed by atoms with Crippen molar-refractivity contribution in [3.05, 3.63) is 90.5 Å². The Labute approximate surface area is 227 Å². The highest BCUT2D eigenvalue weighted by atomic mass is 16.2. The van der Waals surface area contributed by atoms with E-state index in [-0.39, 0.29) is 23.7 Å². The van der Waals surface area contributed by atoms with Gasteiger partial charge in [-0.15, -0.1) is 0 Å². The van der Waals surface area contributed by atoms with E-state index in [9.17, 15) is 9.59 Å². The molecule has 2 aromatic heterocycles. The fourth-order valence-electron chi connectivity index (χ4n) is 4.93. The number of anilines is 2. The molecule has 3 amide bonds. The van der Waals surface area contributed by atoms with Crippen LogP contribution in [-0.4, -0.2) is 43.8 Å². The lowest BCUT2D eigenvalue weighted by molar-refractivity contribution is 0.0999. The summed E-state index contributed by atoms with van der Waals surface area (Å²) in [7, 11) is 1.89. The number of primary amides is 1. The molecule has 39 heavy (non-hydrogen) atoms. The SMILES string of the molecule is Cn1cc(-c2ccc(N(C(=O)NCc3ccccc3)[C@H]3CC[C@H](Nc4ncc(C(N)=O)cn4)CC3)cc2)cn1. The van der Waals surface area contributed by atoms with Crippen LogP contribution in [0.1, 0.15) is 41.6 Å². The van der Waals surface area contributed by atoms with E-state index >= 15 is 0 Å². The molecule has 1 aliphatic carbocycles. The van der Waals surface area contributed by atoms with E-state index in [4.69, 9.17) is 5.73 Å². The van der Waals surface area contributed by atoms with E-state index in [2.05, 4.69) is 25.7 Å². The van der Waals surface area contributed by atoms with E-state index in [0.29, 0.717) is 12.5 Å². The Kier molecular flexibility index (Phi) is 7.81. The van der Waals surface area contributed by atoms with Crippen LogP contribution in [0.25, 0.3) is 11.1 Å². The standard InChI is InChI=1S/C29H32N8O2/c1-36-19-23(18-34-36)21-7-11-25(12-8-21)37(29(39)33-15-20-5-3-2-4-6-20)26-13-9-24(10-14-26)35-28-31-16-22(17-32-28)27(30)38/h2-8,11-12,16-19,24,26H,9-10,13-15H2,1H3,(H2,30,38)(H,33,39)(H,31,32,35)/t24-,26-. The van der Waals surface area contributed by atoms with Gasteiger partial charge >= 0.3 is 6.03 Å². The Morgan fingerprint density at radius 2 is 1.64 bits per heavy atom. The van der Waals surface area contributed by atoms with Crippen molar-refractivity contribution in [2.45, 2.75) is 44.3 Å². The Balaban J connectivity index is 1.28. The van der Waals surface area contributed by atoms with Crippen LogP contribution in [0.4, 0.5) is 16.4 Å². The molecule has 1 fully saturated rings.